The van der Waals surface area contributed by atoms with Gasteiger partial charge in [0.15, 0.2) is 6.10 Å². The predicted molar refractivity (Wildman–Crippen MR) is 89.6 cm³/mol. The lowest BCUT2D eigenvalue weighted by atomic mass is 10.2. The van der Waals surface area contributed by atoms with Crippen LogP contribution < -0.4 is 10.1 Å². The van der Waals surface area contributed by atoms with E-state index < -0.39 is 6.10 Å². The maximum atomic E-state index is 13.0. The molecule has 0 aliphatic heterocycles. The Labute approximate surface area is 140 Å². The van der Waals surface area contributed by atoms with Crippen molar-refractivity contribution < 1.29 is 13.9 Å². The predicted octanol–water partition coefficient (Wildman–Crippen LogP) is 3.20. The van der Waals surface area contributed by atoms with Crippen molar-refractivity contribution in [3.05, 3.63) is 28.5 Å². The summed E-state index contributed by atoms with van der Waals surface area (Å²) in [5.41, 5.74) is 0. The molecule has 4 nitrogen and oxygen atoms in total. The van der Waals surface area contributed by atoms with Gasteiger partial charge in [0.25, 0.3) is 5.91 Å². The number of hydrogen-bond donors (Lipinski definition) is 1. The van der Waals surface area contributed by atoms with Gasteiger partial charge in [0.1, 0.15) is 11.6 Å². The summed E-state index contributed by atoms with van der Waals surface area (Å²) < 4.78 is 19.1. The van der Waals surface area contributed by atoms with Crippen molar-refractivity contribution in [2.45, 2.75) is 39.8 Å². The molecule has 1 N–H and O–H groups in total. The fraction of sp³-hybridized carbons (Fsp3) is 0.562. The van der Waals surface area contributed by atoms with Gasteiger partial charge in [-0.2, -0.15) is 0 Å². The van der Waals surface area contributed by atoms with Crippen molar-refractivity contribution in [1.82, 2.24) is 10.2 Å². The summed E-state index contributed by atoms with van der Waals surface area (Å²) in [5, 5.41) is 2.89. The average Bonchev–Trinajstić information content (AvgIpc) is 2.48. The van der Waals surface area contributed by atoms with Crippen LogP contribution in [0.15, 0.2) is 22.7 Å². The van der Waals surface area contributed by atoms with Crippen LogP contribution in [0.3, 0.4) is 0 Å². The van der Waals surface area contributed by atoms with E-state index in [1.54, 1.807) is 6.92 Å². The highest BCUT2D eigenvalue weighted by Crippen LogP contribution is 2.26. The maximum Gasteiger partial charge on any atom is 0.260 e. The summed E-state index contributed by atoms with van der Waals surface area (Å²) in [6.07, 6.45) is -0.648. The van der Waals surface area contributed by atoms with Gasteiger partial charge < -0.3 is 10.1 Å². The van der Waals surface area contributed by atoms with Crippen LogP contribution in [0.5, 0.6) is 5.75 Å². The summed E-state index contributed by atoms with van der Waals surface area (Å²) in [5.74, 6) is -0.0968. The van der Waals surface area contributed by atoms with E-state index in [1.165, 1.54) is 18.2 Å². The first kappa shape index (κ1) is 18.9. The van der Waals surface area contributed by atoms with Gasteiger partial charge in [0.05, 0.1) is 4.47 Å². The van der Waals surface area contributed by atoms with Crippen molar-refractivity contribution in [3.63, 3.8) is 0 Å². The summed E-state index contributed by atoms with van der Waals surface area (Å²) >= 11 is 3.22. The fourth-order valence-corrected chi connectivity index (χ4v) is 2.63. The molecule has 1 aromatic rings. The lowest BCUT2D eigenvalue weighted by Crippen LogP contribution is -2.45. The number of carbonyl (C=O) groups is 1. The van der Waals surface area contributed by atoms with Gasteiger partial charge in [0.2, 0.25) is 0 Å². The van der Waals surface area contributed by atoms with Crippen molar-refractivity contribution in [3.8, 4) is 5.75 Å². The summed E-state index contributed by atoms with van der Waals surface area (Å²) in [6.45, 7) is 10.4. The van der Waals surface area contributed by atoms with E-state index in [9.17, 15) is 9.18 Å². The molecule has 0 bridgehead atoms. The van der Waals surface area contributed by atoms with Crippen LogP contribution in [-0.2, 0) is 4.79 Å². The Hall–Kier alpha value is -1.14. The van der Waals surface area contributed by atoms with E-state index in [-0.39, 0.29) is 17.8 Å². The second-order valence-corrected chi connectivity index (χ2v) is 6.00. The lowest BCUT2D eigenvalue weighted by molar-refractivity contribution is -0.127. The van der Waals surface area contributed by atoms with Crippen molar-refractivity contribution in [2.75, 3.05) is 19.6 Å². The Morgan fingerprint density at radius 3 is 2.55 bits per heavy atom. The highest BCUT2D eigenvalue weighted by atomic mass is 79.9. The molecule has 2 atom stereocenters. The monoisotopic (exact) mass is 374 g/mol. The largest absolute Gasteiger partial charge is 0.480 e. The Morgan fingerprint density at radius 1 is 1.36 bits per heavy atom. The smallest absolute Gasteiger partial charge is 0.260 e. The third kappa shape index (κ3) is 5.57. The van der Waals surface area contributed by atoms with E-state index in [1.807, 2.05) is 0 Å². The number of halogens is 2. The molecule has 0 spiro atoms. The fourth-order valence-electron chi connectivity index (χ4n) is 2.18. The van der Waals surface area contributed by atoms with E-state index in [0.29, 0.717) is 16.8 Å². The molecule has 1 rings (SSSR count). The van der Waals surface area contributed by atoms with Gasteiger partial charge in [-0.25, -0.2) is 4.39 Å². The molecule has 0 unspecified atom stereocenters. The SMILES string of the molecule is CCN(CC)[C@@H](C)CNC(=O)[C@H](C)Oc1ccc(F)cc1Br. The Balaban J connectivity index is 2.51. The molecule has 6 heteroatoms. The highest BCUT2D eigenvalue weighted by Gasteiger charge is 2.18. The van der Waals surface area contributed by atoms with Crippen LogP contribution in [0.4, 0.5) is 4.39 Å². The summed E-state index contributed by atoms with van der Waals surface area (Å²) in [6, 6.07) is 4.38. The molecule has 0 aliphatic carbocycles. The molecular formula is C16H24BrFN2O2. The average molecular weight is 375 g/mol. The first-order chi connectivity index (χ1) is 10.4. The summed E-state index contributed by atoms with van der Waals surface area (Å²) in [4.78, 5) is 14.4. The molecule has 0 aromatic heterocycles. The van der Waals surface area contributed by atoms with Crippen LogP contribution >= 0.6 is 15.9 Å². The number of ether oxygens (including phenoxy) is 1. The molecule has 0 radical (unpaired) electrons. The van der Waals surface area contributed by atoms with Crippen LogP contribution in [0.1, 0.15) is 27.7 Å². The number of benzene rings is 1. The molecule has 1 amide bonds. The van der Waals surface area contributed by atoms with Crippen LogP contribution in [-0.4, -0.2) is 42.6 Å². The molecule has 0 fully saturated rings. The summed E-state index contributed by atoms with van der Waals surface area (Å²) in [7, 11) is 0. The second kappa shape index (κ2) is 9.10. The van der Waals surface area contributed by atoms with Gasteiger partial charge in [-0.15, -0.1) is 0 Å². The molecule has 1 aromatic carbocycles. The molecule has 0 aliphatic rings. The molecule has 0 heterocycles. The minimum atomic E-state index is -0.648. The minimum Gasteiger partial charge on any atom is -0.480 e. The van der Waals surface area contributed by atoms with E-state index >= 15 is 0 Å². The number of nitrogens with one attached hydrogen (secondary N) is 1. The van der Waals surface area contributed by atoms with Crippen LogP contribution in [0, 0.1) is 5.82 Å². The van der Waals surface area contributed by atoms with Crippen molar-refractivity contribution >= 4 is 21.8 Å². The Kier molecular flexibility index (Phi) is 7.82. The zero-order valence-electron chi connectivity index (χ0n) is 13.5. The number of nitrogens with zero attached hydrogens (tertiary/aromatic N) is 1. The number of hydrogen-bond acceptors (Lipinski definition) is 3. The first-order valence-corrected chi connectivity index (χ1v) is 8.31. The lowest BCUT2D eigenvalue weighted by Gasteiger charge is -2.27. The number of amides is 1. The minimum absolute atomic E-state index is 0.185. The van der Waals surface area contributed by atoms with Gasteiger partial charge in [-0.3, -0.25) is 9.69 Å². The number of carbonyl (C=O) groups excluding carboxylic acids is 1. The van der Waals surface area contributed by atoms with Gasteiger partial charge in [0, 0.05) is 12.6 Å². The number of rotatable bonds is 8. The zero-order chi connectivity index (χ0) is 16.7. The third-order valence-electron chi connectivity index (χ3n) is 3.57. The normalized spacial score (nSPS) is 13.8. The second-order valence-electron chi connectivity index (χ2n) is 5.15. The quantitative estimate of drug-likeness (QED) is 0.759. The van der Waals surface area contributed by atoms with Crippen molar-refractivity contribution in [2.24, 2.45) is 0 Å². The molecule has 0 saturated heterocycles. The van der Waals surface area contributed by atoms with Gasteiger partial charge in [-0.05, 0) is 61.1 Å². The number of likely N-dealkylation sites (N-methyl/N-ethyl adjacent to an activating group) is 1. The molecule has 124 valence electrons. The van der Waals surface area contributed by atoms with E-state index in [4.69, 9.17) is 4.74 Å². The van der Waals surface area contributed by atoms with Gasteiger partial charge in [-0.1, -0.05) is 13.8 Å². The third-order valence-corrected chi connectivity index (χ3v) is 4.19. The molecular weight excluding hydrogens is 351 g/mol. The van der Waals surface area contributed by atoms with Gasteiger partial charge >= 0.3 is 0 Å². The van der Waals surface area contributed by atoms with Crippen LogP contribution in [0.25, 0.3) is 0 Å². The highest BCUT2D eigenvalue weighted by molar-refractivity contribution is 9.10. The van der Waals surface area contributed by atoms with E-state index in [2.05, 4.69) is 46.9 Å². The zero-order valence-corrected chi connectivity index (χ0v) is 15.1. The van der Waals surface area contributed by atoms with E-state index in [0.717, 1.165) is 13.1 Å². The Morgan fingerprint density at radius 2 is 2.00 bits per heavy atom. The molecule has 22 heavy (non-hydrogen) atoms. The van der Waals surface area contributed by atoms with Crippen LogP contribution in [0.2, 0.25) is 0 Å². The Bertz CT molecular complexity index is 495. The topological polar surface area (TPSA) is 41.6 Å². The van der Waals surface area contributed by atoms with Crippen molar-refractivity contribution in [1.29, 1.82) is 0 Å². The first-order valence-electron chi connectivity index (χ1n) is 7.52. The standard InChI is InChI=1S/C16H24BrFN2O2/c1-5-20(6-2)11(3)10-19-16(21)12(4)22-15-8-7-13(18)9-14(15)17/h7-9,11-12H,5-6,10H2,1-4H3,(H,19,21)/t11-,12-/m0/s1. The maximum absolute atomic E-state index is 13.0. The molecule has 0 saturated carbocycles.